The fourth-order valence-electron chi connectivity index (χ4n) is 2.64. The van der Waals surface area contributed by atoms with Crippen LogP contribution in [-0.2, 0) is 0 Å². The van der Waals surface area contributed by atoms with Crippen LogP contribution in [0.2, 0.25) is 0 Å². The molecule has 0 saturated carbocycles. The zero-order valence-corrected chi connectivity index (χ0v) is 11.9. The first kappa shape index (κ1) is 13.7. The van der Waals surface area contributed by atoms with Gasteiger partial charge in [0.05, 0.1) is 11.7 Å². The van der Waals surface area contributed by atoms with Crippen molar-refractivity contribution in [2.24, 2.45) is 0 Å². The average molecular weight is 280 g/mol. The number of aromatic nitrogens is 1. The predicted molar refractivity (Wildman–Crippen MR) is 83.7 cm³/mol. The van der Waals surface area contributed by atoms with Crippen LogP contribution in [0.3, 0.4) is 0 Å². The molecule has 1 aromatic heterocycles. The van der Waals surface area contributed by atoms with Crippen molar-refractivity contribution in [1.82, 2.24) is 10.3 Å². The molecule has 1 unspecified atom stereocenters. The van der Waals surface area contributed by atoms with Gasteiger partial charge >= 0.3 is 0 Å². The van der Waals surface area contributed by atoms with E-state index in [1.165, 1.54) is 6.07 Å². The lowest BCUT2D eigenvalue weighted by Gasteiger charge is -2.20. The molecule has 1 atom stereocenters. The summed E-state index contributed by atoms with van der Waals surface area (Å²) < 4.78 is 14.2. The molecule has 0 spiro atoms. The first-order chi connectivity index (χ1) is 10.3. The minimum Gasteiger partial charge on any atom is -0.305 e. The SMILES string of the molecule is CCNC(c1ccccc1F)c1nccc2ccccc12. The molecule has 0 radical (unpaired) electrons. The van der Waals surface area contributed by atoms with Gasteiger partial charge < -0.3 is 5.32 Å². The monoisotopic (exact) mass is 280 g/mol. The van der Waals surface area contributed by atoms with E-state index in [1.807, 2.05) is 49.4 Å². The molecule has 1 N–H and O–H groups in total. The molecule has 1 heterocycles. The van der Waals surface area contributed by atoms with Gasteiger partial charge in [-0.05, 0) is 24.1 Å². The molecule has 0 aliphatic rings. The van der Waals surface area contributed by atoms with Crippen molar-refractivity contribution in [3.8, 4) is 0 Å². The summed E-state index contributed by atoms with van der Waals surface area (Å²) in [5.74, 6) is -0.210. The zero-order valence-electron chi connectivity index (χ0n) is 11.9. The Bertz CT molecular complexity index is 750. The van der Waals surface area contributed by atoms with Gasteiger partial charge in [0.1, 0.15) is 5.82 Å². The number of nitrogens with zero attached hydrogens (tertiary/aromatic N) is 1. The molecule has 21 heavy (non-hydrogen) atoms. The average Bonchev–Trinajstić information content (AvgIpc) is 2.53. The highest BCUT2D eigenvalue weighted by Gasteiger charge is 2.19. The van der Waals surface area contributed by atoms with Crippen LogP contribution >= 0.6 is 0 Å². The lowest BCUT2D eigenvalue weighted by atomic mass is 9.98. The van der Waals surface area contributed by atoms with E-state index in [0.717, 1.165) is 23.0 Å². The summed E-state index contributed by atoms with van der Waals surface area (Å²) in [6.45, 7) is 2.75. The molecule has 0 aliphatic carbocycles. The lowest BCUT2D eigenvalue weighted by Crippen LogP contribution is -2.24. The van der Waals surface area contributed by atoms with E-state index in [9.17, 15) is 4.39 Å². The summed E-state index contributed by atoms with van der Waals surface area (Å²) in [6.07, 6.45) is 1.78. The van der Waals surface area contributed by atoms with Crippen LogP contribution < -0.4 is 5.32 Å². The third-order valence-electron chi connectivity index (χ3n) is 3.60. The Kier molecular flexibility index (Phi) is 3.93. The van der Waals surface area contributed by atoms with Crippen molar-refractivity contribution in [1.29, 1.82) is 0 Å². The largest absolute Gasteiger partial charge is 0.305 e. The van der Waals surface area contributed by atoms with Crippen LogP contribution in [0.1, 0.15) is 24.2 Å². The normalized spacial score (nSPS) is 12.5. The highest BCUT2D eigenvalue weighted by atomic mass is 19.1. The third kappa shape index (κ3) is 2.65. The summed E-state index contributed by atoms with van der Waals surface area (Å²) in [5.41, 5.74) is 1.49. The molecule has 0 aliphatic heterocycles. The van der Waals surface area contributed by atoms with Crippen molar-refractivity contribution >= 4 is 10.8 Å². The molecule has 3 rings (SSSR count). The fraction of sp³-hybridized carbons (Fsp3) is 0.167. The number of nitrogens with one attached hydrogen (secondary N) is 1. The number of hydrogen-bond donors (Lipinski definition) is 1. The van der Waals surface area contributed by atoms with Crippen molar-refractivity contribution in [3.63, 3.8) is 0 Å². The maximum absolute atomic E-state index is 14.2. The molecule has 106 valence electrons. The van der Waals surface area contributed by atoms with E-state index >= 15 is 0 Å². The van der Waals surface area contributed by atoms with Gasteiger partial charge in [-0.3, -0.25) is 4.98 Å². The molecular formula is C18H17FN2. The summed E-state index contributed by atoms with van der Waals surface area (Å²) in [7, 11) is 0. The first-order valence-electron chi connectivity index (χ1n) is 7.12. The Morgan fingerprint density at radius 1 is 1.05 bits per heavy atom. The first-order valence-corrected chi connectivity index (χ1v) is 7.12. The second kappa shape index (κ2) is 6.02. The zero-order chi connectivity index (χ0) is 14.7. The number of halogens is 1. The highest BCUT2D eigenvalue weighted by molar-refractivity contribution is 5.85. The Hall–Kier alpha value is -2.26. The Labute approximate surface area is 123 Å². The van der Waals surface area contributed by atoms with Crippen LogP contribution in [0.15, 0.2) is 60.8 Å². The Morgan fingerprint density at radius 3 is 2.62 bits per heavy atom. The lowest BCUT2D eigenvalue weighted by molar-refractivity contribution is 0.554. The van der Waals surface area contributed by atoms with Crippen LogP contribution in [0.5, 0.6) is 0 Å². The Balaban J connectivity index is 2.19. The molecule has 0 fully saturated rings. The molecular weight excluding hydrogens is 263 g/mol. The fourth-order valence-corrected chi connectivity index (χ4v) is 2.64. The van der Waals surface area contributed by atoms with Crippen LogP contribution in [0.25, 0.3) is 10.8 Å². The molecule has 3 aromatic rings. The smallest absolute Gasteiger partial charge is 0.128 e. The van der Waals surface area contributed by atoms with Crippen LogP contribution in [0.4, 0.5) is 4.39 Å². The quantitative estimate of drug-likeness (QED) is 0.779. The van der Waals surface area contributed by atoms with Crippen molar-refractivity contribution in [2.45, 2.75) is 13.0 Å². The molecule has 0 bridgehead atoms. The summed E-state index contributed by atoms with van der Waals surface area (Å²) in [6, 6.07) is 16.7. The second-order valence-corrected chi connectivity index (χ2v) is 4.93. The molecule has 3 heteroatoms. The van der Waals surface area contributed by atoms with Gasteiger partial charge in [-0.15, -0.1) is 0 Å². The molecule has 0 amide bonds. The van der Waals surface area contributed by atoms with Crippen molar-refractivity contribution in [3.05, 3.63) is 77.9 Å². The van der Waals surface area contributed by atoms with Gasteiger partial charge in [-0.1, -0.05) is 49.4 Å². The summed E-state index contributed by atoms with van der Waals surface area (Å²) in [4.78, 5) is 4.51. The Morgan fingerprint density at radius 2 is 1.81 bits per heavy atom. The van der Waals surface area contributed by atoms with E-state index in [2.05, 4.69) is 10.3 Å². The van der Waals surface area contributed by atoms with Crippen molar-refractivity contribution in [2.75, 3.05) is 6.54 Å². The van der Waals surface area contributed by atoms with E-state index in [4.69, 9.17) is 0 Å². The van der Waals surface area contributed by atoms with E-state index in [0.29, 0.717) is 5.56 Å². The van der Waals surface area contributed by atoms with Gasteiger partial charge in [-0.25, -0.2) is 4.39 Å². The number of pyridine rings is 1. The van der Waals surface area contributed by atoms with Gasteiger partial charge in [0.2, 0.25) is 0 Å². The van der Waals surface area contributed by atoms with Crippen LogP contribution in [0, 0.1) is 5.82 Å². The van der Waals surface area contributed by atoms with Gasteiger partial charge in [0.15, 0.2) is 0 Å². The molecule has 0 saturated heterocycles. The molecule has 2 nitrogen and oxygen atoms in total. The highest BCUT2D eigenvalue weighted by Crippen LogP contribution is 2.28. The topological polar surface area (TPSA) is 24.9 Å². The second-order valence-electron chi connectivity index (χ2n) is 4.93. The summed E-state index contributed by atoms with van der Waals surface area (Å²) >= 11 is 0. The van der Waals surface area contributed by atoms with E-state index in [-0.39, 0.29) is 11.9 Å². The number of benzene rings is 2. The van der Waals surface area contributed by atoms with E-state index in [1.54, 1.807) is 12.3 Å². The maximum Gasteiger partial charge on any atom is 0.128 e. The summed E-state index contributed by atoms with van der Waals surface area (Å²) in [5, 5.41) is 5.51. The van der Waals surface area contributed by atoms with Crippen LogP contribution in [-0.4, -0.2) is 11.5 Å². The predicted octanol–water partition coefficient (Wildman–Crippen LogP) is 4.07. The number of rotatable bonds is 4. The number of fused-ring (bicyclic) bond motifs is 1. The number of hydrogen-bond acceptors (Lipinski definition) is 2. The molecule has 2 aromatic carbocycles. The van der Waals surface area contributed by atoms with Crippen molar-refractivity contribution < 1.29 is 4.39 Å². The van der Waals surface area contributed by atoms with Gasteiger partial charge in [-0.2, -0.15) is 0 Å². The van der Waals surface area contributed by atoms with E-state index < -0.39 is 0 Å². The standard InChI is InChI=1S/C18H17FN2/c1-2-20-18(15-9-5-6-10-16(15)19)17-14-8-4-3-7-13(14)11-12-21-17/h3-12,18,20H,2H2,1H3. The maximum atomic E-state index is 14.2. The minimum absolute atomic E-state index is 0.210. The van der Waals surface area contributed by atoms with Gasteiger partial charge in [0, 0.05) is 17.1 Å². The third-order valence-corrected chi connectivity index (χ3v) is 3.60. The van der Waals surface area contributed by atoms with Gasteiger partial charge in [0.25, 0.3) is 0 Å². The minimum atomic E-state index is -0.248.